The van der Waals surface area contributed by atoms with Crippen molar-refractivity contribution in [3.05, 3.63) is 29.1 Å². The van der Waals surface area contributed by atoms with Crippen LogP contribution in [0.3, 0.4) is 0 Å². The van der Waals surface area contributed by atoms with Crippen molar-refractivity contribution in [1.82, 2.24) is 15.5 Å². The molecule has 0 bridgehead atoms. The molecule has 0 spiro atoms. The van der Waals surface area contributed by atoms with E-state index in [0.29, 0.717) is 24.6 Å². The monoisotopic (exact) mass is 388 g/mol. The van der Waals surface area contributed by atoms with Gasteiger partial charge in [0.2, 0.25) is 11.8 Å². The third-order valence-electron chi connectivity index (χ3n) is 6.31. The first-order valence-electron chi connectivity index (χ1n) is 10.4. The van der Waals surface area contributed by atoms with Crippen LogP contribution in [-0.2, 0) is 16.0 Å². The quantitative estimate of drug-likeness (QED) is 0.737. The number of benzene rings is 1. The summed E-state index contributed by atoms with van der Waals surface area (Å²) >= 11 is 0. The minimum Gasteiger partial charge on any atom is -0.373 e. The minimum atomic E-state index is -0.421. The van der Waals surface area contributed by atoms with Gasteiger partial charge >= 0.3 is 0 Å². The number of nitrogens with zero attached hydrogens (tertiary/aromatic N) is 1. The Morgan fingerprint density at radius 3 is 2.96 bits per heavy atom. The van der Waals surface area contributed by atoms with Crippen LogP contribution in [0.4, 0.5) is 10.1 Å². The average Bonchev–Trinajstić information content (AvgIpc) is 3.03. The predicted molar refractivity (Wildman–Crippen MR) is 106 cm³/mol. The van der Waals surface area contributed by atoms with Gasteiger partial charge in [0.1, 0.15) is 11.9 Å². The largest absolute Gasteiger partial charge is 0.373 e. The van der Waals surface area contributed by atoms with Crippen LogP contribution in [0.25, 0.3) is 0 Å². The molecule has 2 aliphatic heterocycles. The second-order valence-electron chi connectivity index (χ2n) is 8.32. The zero-order valence-corrected chi connectivity index (χ0v) is 16.4. The van der Waals surface area contributed by atoms with Gasteiger partial charge in [-0.25, -0.2) is 4.39 Å². The Morgan fingerprint density at radius 1 is 1.29 bits per heavy atom. The van der Waals surface area contributed by atoms with Gasteiger partial charge in [0.25, 0.3) is 0 Å². The standard InChI is InChI=1S/C21H29FN4O2/c1-13-6-7-17(22)16-11-18(25-20(13)16)21(28)24-14-4-2-5-15(10-14)26-9-3-8-23-19(27)12-26/h6-7,14-15,18,25H,2-5,8-12H2,1H3,(H,23,27)(H,24,28)/t14-,15+,18?/m1/s1. The van der Waals surface area contributed by atoms with Crippen molar-refractivity contribution in [1.29, 1.82) is 0 Å². The molecule has 3 atom stereocenters. The SMILES string of the molecule is Cc1ccc(F)c2c1NC(C(=O)N[C@@H]1CCC[C@H](N3CCCNC(=O)C3)C1)C2. The molecule has 3 aliphatic rings. The van der Waals surface area contributed by atoms with E-state index in [1.165, 1.54) is 6.07 Å². The zero-order valence-electron chi connectivity index (χ0n) is 16.4. The third kappa shape index (κ3) is 3.99. The second kappa shape index (κ2) is 8.07. The molecular formula is C21H29FN4O2. The predicted octanol–water partition coefficient (Wildman–Crippen LogP) is 1.72. The first-order chi connectivity index (χ1) is 13.5. The molecule has 1 saturated carbocycles. The lowest BCUT2D eigenvalue weighted by molar-refractivity contribution is -0.124. The van der Waals surface area contributed by atoms with E-state index in [2.05, 4.69) is 20.9 Å². The van der Waals surface area contributed by atoms with Crippen LogP contribution in [0.5, 0.6) is 0 Å². The molecule has 1 saturated heterocycles. The Hall–Kier alpha value is -2.15. The molecule has 0 aromatic heterocycles. The molecule has 3 N–H and O–H groups in total. The van der Waals surface area contributed by atoms with Crippen molar-refractivity contribution in [2.24, 2.45) is 0 Å². The van der Waals surface area contributed by atoms with Gasteiger partial charge in [-0.05, 0) is 50.7 Å². The van der Waals surface area contributed by atoms with Crippen LogP contribution in [0.2, 0.25) is 0 Å². The molecular weight excluding hydrogens is 359 g/mol. The lowest BCUT2D eigenvalue weighted by Crippen LogP contribution is -2.50. The van der Waals surface area contributed by atoms with Crippen molar-refractivity contribution in [2.45, 2.75) is 63.6 Å². The number of halogens is 1. The molecule has 152 valence electrons. The first-order valence-corrected chi connectivity index (χ1v) is 10.4. The second-order valence-corrected chi connectivity index (χ2v) is 8.32. The summed E-state index contributed by atoms with van der Waals surface area (Å²) in [4.78, 5) is 27.0. The van der Waals surface area contributed by atoms with Crippen LogP contribution >= 0.6 is 0 Å². The molecule has 6 nitrogen and oxygen atoms in total. The van der Waals surface area contributed by atoms with E-state index in [1.54, 1.807) is 6.07 Å². The molecule has 1 aromatic rings. The van der Waals surface area contributed by atoms with E-state index in [1.807, 2.05) is 6.92 Å². The number of carbonyl (C=O) groups is 2. The van der Waals surface area contributed by atoms with Crippen molar-refractivity contribution in [3.63, 3.8) is 0 Å². The number of hydrogen-bond acceptors (Lipinski definition) is 4. The fourth-order valence-corrected chi connectivity index (χ4v) is 4.80. The number of carbonyl (C=O) groups excluding carboxylic acids is 2. The third-order valence-corrected chi connectivity index (χ3v) is 6.31. The highest BCUT2D eigenvalue weighted by atomic mass is 19.1. The maximum absolute atomic E-state index is 14.1. The van der Waals surface area contributed by atoms with E-state index >= 15 is 0 Å². The van der Waals surface area contributed by atoms with Gasteiger partial charge in [-0.15, -0.1) is 0 Å². The summed E-state index contributed by atoms with van der Waals surface area (Å²) in [6, 6.07) is 3.23. The van der Waals surface area contributed by atoms with E-state index in [0.717, 1.165) is 56.4 Å². The van der Waals surface area contributed by atoms with Crippen LogP contribution in [-0.4, -0.2) is 54.5 Å². The number of hydrogen-bond donors (Lipinski definition) is 3. The van der Waals surface area contributed by atoms with Crippen LogP contribution in [0.15, 0.2) is 12.1 Å². The maximum atomic E-state index is 14.1. The van der Waals surface area contributed by atoms with Crippen LogP contribution in [0, 0.1) is 12.7 Å². The Morgan fingerprint density at radius 2 is 2.14 bits per heavy atom. The summed E-state index contributed by atoms with van der Waals surface area (Å²) in [6.07, 6.45) is 5.28. The van der Waals surface area contributed by atoms with E-state index < -0.39 is 6.04 Å². The summed E-state index contributed by atoms with van der Waals surface area (Å²) in [5.74, 6) is -0.219. The summed E-state index contributed by atoms with van der Waals surface area (Å²) < 4.78 is 14.1. The highest BCUT2D eigenvalue weighted by molar-refractivity contribution is 5.88. The van der Waals surface area contributed by atoms with Gasteiger partial charge < -0.3 is 16.0 Å². The number of nitrogens with one attached hydrogen (secondary N) is 3. The molecule has 1 aliphatic carbocycles. The van der Waals surface area contributed by atoms with Gasteiger partial charge in [0, 0.05) is 42.8 Å². The number of anilines is 1. The maximum Gasteiger partial charge on any atom is 0.243 e. The van der Waals surface area contributed by atoms with Crippen LogP contribution in [0.1, 0.15) is 43.2 Å². The molecule has 28 heavy (non-hydrogen) atoms. The summed E-state index contributed by atoms with van der Waals surface area (Å²) in [7, 11) is 0. The topological polar surface area (TPSA) is 73.5 Å². The Bertz CT molecular complexity index is 738. The lowest BCUT2D eigenvalue weighted by Gasteiger charge is -2.37. The van der Waals surface area contributed by atoms with Crippen molar-refractivity contribution in [3.8, 4) is 0 Å². The summed E-state index contributed by atoms with van der Waals surface area (Å²) in [5, 5.41) is 9.31. The molecule has 2 fully saturated rings. The highest BCUT2D eigenvalue weighted by Gasteiger charge is 2.33. The smallest absolute Gasteiger partial charge is 0.243 e. The van der Waals surface area contributed by atoms with E-state index in [-0.39, 0.29) is 23.7 Å². The van der Waals surface area contributed by atoms with Gasteiger partial charge in [0.05, 0.1) is 6.54 Å². The fourth-order valence-electron chi connectivity index (χ4n) is 4.80. The number of aryl methyl sites for hydroxylation is 1. The number of fused-ring (bicyclic) bond motifs is 1. The Kier molecular flexibility index (Phi) is 5.53. The minimum absolute atomic E-state index is 0.0609. The van der Waals surface area contributed by atoms with Gasteiger partial charge in [-0.3, -0.25) is 14.5 Å². The molecule has 1 unspecified atom stereocenters. The van der Waals surface area contributed by atoms with E-state index in [4.69, 9.17) is 0 Å². The van der Waals surface area contributed by atoms with Gasteiger partial charge in [-0.2, -0.15) is 0 Å². The summed E-state index contributed by atoms with van der Waals surface area (Å²) in [5.41, 5.74) is 2.33. The average molecular weight is 388 g/mol. The lowest BCUT2D eigenvalue weighted by atomic mass is 9.89. The van der Waals surface area contributed by atoms with Gasteiger partial charge in [0.15, 0.2) is 0 Å². The van der Waals surface area contributed by atoms with Crippen molar-refractivity contribution in [2.75, 3.05) is 25.0 Å². The number of amides is 2. The molecule has 0 radical (unpaired) electrons. The van der Waals surface area contributed by atoms with Gasteiger partial charge in [-0.1, -0.05) is 6.07 Å². The number of rotatable bonds is 3. The highest BCUT2D eigenvalue weighted by Crippen LogP contribution is 2.32. The molecule has 7 heteroatoms. The molecule has 4 rings (SSSR count). The molecule has 2 amide bonds. The summed E-state index contributed by atoms with van der Waals surface area (Å²) in [6.45, 7) is 4.03. The Balaban J connectivity index is 1.35. The van der Waals surface area contributed by atoms with Crippen molar-refractivity contribution < 1.29 is 14.0 Å². The van der Waals surface area contributed by atoms with Crippen molar-refractivity contribution >= 4 is 17.5 Å². The zero-order chi connectivity index (χ0) is 19.7. The van der Waals surface area contributed by atoms with E-state index in [9.17, 15) is 14.0 Å². The Labute approximate surface area is 165 Å². The normalized spacial score (nSPS) is 28.1. The van der Waals surface area contributed by atoms with Crippen LogP contribution < -0.4 is 16.0 Å². The molecule has 1 aromatic carbocycles. The fraction of sp³-hybridized carbons (Fsp3) is 0.619. The molecule has 2 heterocycles. The first kappa shape index (κ1) is 19.2.